The second kappa shape index (κ2) is 39.3. The highest BCUT2D eigenvalue weighted by atomic mass is 16.6. The van der Waals surface area contributed by atoms with Gasteiger partial charge in [0, 0.05) is 6.54 Å². The van der Waals surface area contributed by atoms with Gasteiger partial charge in [0.05, 0.1) is 24.9 Å². The summed E-state index contributed by atoms with van der Waals surface area (Å²) in [6.45, 7) is 25.8. The van der Waals surface area contributed by atoms with Crippen LogP contribution in [0.5, 0.6) is 0 Å². The minimum atomic E-state index is -2.59. The number of nitrogens with zero attached hydrogens (tertiary/aromatic N) is 1. The van der Waals surface area contributed by atoms with E-state index in [4.69, 9.17) is 21.9 Å². The normalized spacial score (nSPS) is 24.5. The number of guanidine groups is 1. The molecule has 0 spiro atoms. The lowest BCUT2D eigenvalue weighted by Crippen LogP contribution is -2.65. The summed E-state index contributed by atoms with van der Waals surface area (Å²) in [4.78, 5) is 191. The number of aliphatic hydroxyl groups is 4. The number of aliphatic hydroxyl groups excluding tert-OH is 4. The molecule has 100 heavy (non-hydrogen) atoms. The molecule has 13 amide bonds. The largest absolute Gasteiger partial charge is 0.444 e. The van der Waals surface area contributed by atoms with E-state index in [1.54, 1.807) is 90.0 Å². The zero-order valence-electron chi connectivity index (χ0n) is 60.6. The second-order valence-corrected chi connectivity index (χ2v) is 29.5. The van der Waals surface area contributed by atoms with E-state index in [1.165, 1.54) is 44.2 Å². The summed E-state index contributed by atoms with van der Waals surface area (Å²) < 4.78 is 5.48. The maximum Gasteiger partial charge on any atom is 0.408 e. The van der Waals surface area contributed by atoms with Crippen LogP contribution in [0.25, 0.3) is 0 Å². The predicted octanol–water partition coefficient (Wildman–Crippen LogP) is -3.13. The monoisotopic (exact) mass is 1420 g/mol. The van der Waals surface area contributed by atoms with Crippen molar-refractivity contribution in [3.8, 4) is 0 Å². The topological polar surface area (TPSA) is 547 Å². The van der Waals surface area contributed by atoms with Crippen molar-refractivity contribution in [3.05, 3.63) is 35.9 Å². The van der Waals surface area contributed by atoms with E-state index in [1.807, 2.05) is 0 Å². The molecule has 0 saturated carbocycles. The van der Waals surface area contributed by atoms with Gasteiger partial charge in [-0.1, -0.05) is 120 Å². The molecule has 22 N–H and O–H groups in total. The summed E-state index contributed by atoms with van der Waals surface area (Å²) in [7, 11) is 0. The van der Waals surface area contributed by atoms with Crippen molar-refractivity contribution in [2.75, 3.05) is 13.2 Å². The summed E-state index contributed by atoms with van der Waals surface area (Å²) in [5, 5.41) is 74.5. The molecule has 16 atom stereocenters. The van der Waals surface area contributed by atoms with Crippen molar-refractivity contribution < 1.29 is 87.5 Å². The molecular formula is C66H112N16O18. The van der Waals surface area contributed by atoms with Gasteiger partial charge >= 0.3 is 6.09 Å². The van der Waals surface area contributed by atoms with Crippen molar-refractivity contribution in [1.82, 2.24) is 63.8 Å². The van der Waals surface area contributed by atoms with E-state index in [2.05, 4.69) is 68.8 Å². The van der Waals surface area contributed by atoms with E-state index in [-0.39, 0.29) is 56.6 Å². The third kappa shape index (κ3) is 29.6. The van der Waals surface area contributed by atoms with Gasteiger partial charge in [0.25, 0.3) is 0 Å². The standard InChI is InChI=1S/C66H112N16O18/c1-18-33(6)42-57(94)78-43(35(8)84)58(95)71-34(7)51(88)81-47(49(86)50(67)87)61(98)75-41(30-83)56(93)79-44(36-23-20-19-21-24-36)45(80-55(92)39(28-64(9,10)11)74-54(91)40(29-65(12,13)14)76-63(99)100-66(15,16)17)59(96)82-46(48(85)32(4)5)60(97)73-38(27-31(2)3)53(90)72-37(52(89)77-42)25-22-26-70-62(68)69/h19-21,23-24,31-35,37-49,83-86H,18,22,25-30H2,1-17H3,(H2,67,87)(H,71,95)(H,72,90)(H,73,97)(H,74,91)(H,75,98)(H,76,99)(H,77,89)(H,78,94)(H,79,93)(H,80,92)(H,81,88)(H,82,96)(H4,68,69,70)/t33-,34+,35-,37+,38-,39-,40+,41-,42-,43-,44+,45-,46-,47?,48+,49-/m0/s1. The molecule has 1 saturated heterocycles. The fourth-order valence-corrected chi connectivity index (χ4v) is 10.3. The average molecular weight is 1420 g/mol. The lowest BCUT2D eigenvalue weighted by atomic mass is 9.86. The van der Waals surface area contributed by atoms with Crippen LogP contribution in [0.3, 0.4) is 0 Å². The van der Waals surface area contributed by atoms with Gasteiger partial charge in [0.2, 0.25) is 70.9 Å². The molecule has 34 heteroatoms. The Hall–Kier alpha value is -8.76. The maximum atomic E-state index is 15.7. The molecule has 1 fully saturated rings. The molecule has 1 aliphatic heterocycles. The van der Waals surface area contributed by atoms with Gasteiger partial charge in [-0.3, -0.25) is 62.5 Å². The Morgan fingerprint density at radius 3 is 1.56 bits per heavy atom. The van der Waals surface area contributed by atoms with Crippen molar-refractivity contribution in [1.29, 1.82) is 0 Å². The maximum absolute atomic E-state index is 15.7. The van der Waals surface area contributed by atoms with Gasteiger partial charge in [0.15, 0.2) is 12.1 Å². The molecule has 1 aromatic rings. The Kier molecular flexibility index (Phi) is 34.3. The number of carbonyl (C=O) groups excluding carboxylic acids is 13. The van der Waals surface area contributed by atoms with E-state index in [0.29, 0.717) is 0 Å². The summed E-state index contributed by atoms with van der Waals surface area (Å²) in [5.41, 5.74) is 14.1. The van der Waals surface area contributed by atoms with E-state index >= 15 is 14.4 Å². The number of aliphatic imine (C=N–C) groups is 1. The molecule has 0 radical (unpaired) electrons. The fraction of sp³-hybridized carbons (Fsp3) is 0.697. The van der Waals surface area contributed by atoms with Crippen LogP contribution in [-0.2, 0) is 62.3 Å². The zero-order chi connectivity index (χ0) is 76.6. The van der Waals surface area contributed by atoms with Crippen LogP contribution in [0.2, 0.25) is 0 Å². The number of benzene rings is 1. The molecule has 1 unspecified atom stereocenters. The number of hydrogen-bond donors (Lipinski definition) is 19. The molecular weight excluding hydrogens is 1300 g/mol. The number of primary amides is 1. The van der Waals surface area contributed by atoms with Gasteiger partial charge in [-0.25, -0.2) is 4.79 Å². The van der Waals surface area contributed by atoms with Crippen LogP contribution < -0.4 is 81.0 Å². The van der Waals surface area contributed by atoms with E-state index in [9.17, 15) is 68.4 Å². The number of rotatable bonds is 22. The third-order valence-corrected chi connectivity index (χ3v) is 15.8. The minimum Gasteiger partial charge on any atom is -0.444 e. The number of carbonyl (C=O) groups is 13. The van der Waals surface area contributed by atoms with Crippen LogP contribution in [0.15, 0.2) is 35.3 Å². The molecule has 34 nitrogen and oxygen atoms in total. The summed E-state index contributed by atoms with van der Waals surface area (Å²) in [6, 6.07) is -14.6. The van der Waals surface area contributed by atoms with Crippen molar-refractivity contribution in [2.24, 2.45) is 50.8 Å². The Morgan fingerprint density at radius 2 is 1.06 bits per heavy atom. The number of amides is 13. The first-order chi connectivity index (χ1) is 46.1. The Morgan fingerprint density at radius 1 is 0.580 bits per heavy atom. The first-order valence-electron chi connectivity index (χ1n) is 33.5. The number of hydrogen-bond acceptors (Lipinski definition) is 19. The van der Waals surface area contributed by atoms with Crippen molar-refractivity contribution in [2.45, 2.75) is 253 Å². The first-order valence-corrected chi connectivity index (χ1v) is 33.5. The highest BCUT2D eigenvalue weighted by molar-refractivity contribution is 6.01. The predicted molar refractivity (Wildman–Crippen MR) is 367 cm³/mol. The minimum absolute atomic E-state index is 0.00338. The van der Waals surface area contributed by atoms with Crippen LogP contribution >= 0.6 is 0 Å². The molecule has 564 valence electrons. The van der Waals surface area contributed by atoms with Crippen molar-refractivity contribution >= 4 is 82.9 Å². The molecule has 0 bridgehead atoms. The molecule has 1 heterocycles. The summed E-state index contributed by atoms with van der Waals surface area (Å²) in [5.74, 6) is -16.9. The van der Waals surface area contributed by atoms with Crippen LogP contribution in [0.4, 0.5) is 4.79 Å². The Labute approximate surface area is 584 Å². The smallest absolute Gasteiger partial charge is 0.408 e. The number of nitrogens with one attached hydrogen (secondary N) is 12. The highest BCUT2D eigenvalue weighted by Gasteiger charge is 2.44. The fourth-order valence-electron chi connectivity index (χ4n) is 10.3. The van der Waals surface area contributed by atoms with Gasteiger partial charge in [-0.2, -0.15) is 0 Å². The zero-order valence-corrected chi connectivity index (χ0v) is 60.6. The molecule has 1 aliphatic rings. The summed E-state index contributed by atoms with van der Waals surface area (Å²) in [6.07, 6.45) is -7.40. The molecule has 0 aromatic heterocycles. The third-order valence-electron chi connectivity index (χ3n) is 15.8. The highest BCUT2D eigenvalue weighted by Crippen LogP contribution is 2.26. The Bertz CT molecular complexity index is 3020. The molecule has 1 aromatic carbocycles. The number of alkyl carbamates (subject to hydrolysis) is 1. The number of ether oxygens (including phenoxy) is 1. The lowest BCUT2D eigenvalue weighted by molar-refractivity contribution is -0.141. The Balaban J connectivity index is 3.24. The summed E-state index contributed by atoms with van der Waals surface area (Å²) >= 11 is 0. The average Bonchev–Trinajstić information content (AvgIpc) is 0.810. The van der Waals surface area contributed by atoms with Crippen LogP contribution in [0, 0.1) is 28.6 Å². The SMILES string of the molecule is CC[C@H](C)[C@@H]1NC(=O)[C@@H](CCCN=C(N)N)NC(=O)[C@H](CC(C)C)NC(=O)[C@H]([C@H](O)C(C)C)NC(=O)[C@@H](NC(=O)[C@H](CC(C)(C)C)NC(=O)[C@@H](CC(C)(C)C)NC(=O)OC(C)(C)C)[C@@H](c2ccccc2)NC(=O)[C@H](CO)NC(=O)C([C@H](O)C(N)=O)NC(=O)[C@@H](C)NC(=O)[C@H]([C@H](C)O)NC1=O. The van der Waals surface area contributed by atoms with Gasteiger partial charge in [-0.15, -0.1) is 0 Å². The van der Waals surface area contributed by atoms with Gasteiger partial charge in [0.1, 0.15) is 72.1 Å². The van der Waals surface area contributed by atoms with E-state index in [0.717, 1.165) is 13.8 Å². The molecule has 2 rings (SSSR count). The van der Waals surface area contributed by atoms with Crippen LogP contribution in [0.1, 0.15) is 168 Å². The van der Waals surface area contributed by atoms with E-state index < -0.39 is 209 Å². The first kappa shape index (κ1) is 87.3. The van der Waals surface area contributed by atoms with Gasteiger partial charge < -0.3 is 106 Å². The van der Waals surface area contributed by atoms with Crippen molar-refractivity contribution in [3.63, 3.8) is 0 Å². The van der Waals surface area contributed by atoms with Gasteiger partial charge in [-0.05, 0) is 101 Å². The second-order valence-electron chi connectivity index (χ2n) is 29.5. The number of nitrogens with two attached hydrogens (primary N) is 3. The van der Waals surface area contributed by atoms with Crippen LogP contribution in [-0.4, -0.2) is 207 Å². The molecule has 0 aliphatic carbocycles. The lowest BCUT2D eigenvalue weighted by Gasteiger charge is -2.35. The quantitative estimate of drug-likeness (QED) is 0.0310.